The lowest BCUT2D eigenvalue weighted by Gasteiger charge is -2.12. The number of thioether (sulfide) groups is 1. The lowest BCUT2D eigenvalue weighted by atomic mass is 10.2. The molecule has 0 unspecified atom stereocenters. The molecule has 110 valence electrons. The Kier molecular flexibility index (Phi) is 5.25. The molecule has 0 spiro atoms. The fourth-order valence-corrected chi connectivity index (χ4v) is 3.74. The molecule has 2 rings (SSSR count). The van der Waals surface area contributed by atoms with Gasteiger partial charge in [-0.05, 0) is 36.1 Å². The van der Waals surface area contributed by atoms with Crippen LogP contribution in [0.1, 0.15) is 12.5 Å². The van der Waals surface area contributed by atoms with Crippen LogP contribution >= 0.6 is 23.5 Å². The molecule has 2 nitrogen and oxygen atoms in total. The van der Waals surface area contributed by atoms with Crippen molar-refractivity contribution in [3.05, 3.63) is 53.6 Å². The minimum absolute atomic E-state index is 0.0309. The SMILES string of the molecule is CCSc1cccc(Sc2ccc(F)c(F)c2)c1C(=N)N. The molecule has 3 N–H and O–H groups in total. The average molecular weight is 324 g/mol. The quantitative estimate of drug-likeness (QED) is 0.483. The Morgan fingerprint density at radius 3 is 2.48 bits per heavy atom. The van der Waals surface area contributed by atoms with Crippen molar-refractivity contribution < 1.29 is 8.78 Å². The highest BCUT2D eigenvalue weighted by molar-refractivity contribution is 8.00. The van der Waals surface area contributed by atoms with E-state index in [-0.39, 0.29) is 5.84 Å². The zero-order valence-corrected chi connectivity index (χ0v) is 13.0. The van der Waals surface area contributed by atoms with Crippen molar-refractivity contribution >= 4 is 29.4 Å². The number of nitrogen functional groups attached to an aromatic ring is 1. The molecule has 0 aliphatic carbocycles. The van der Waals surface area contributed by atoms with Gasteiger partial charge in [-0.2, -0.15) is 0 Å². The van der Waals surface area contributed by atoms with Gasteiger partial charge in [0.25, 0.3) is 0 Å². The first-order valence-corrected chi connectivity index (χ1v) is 8.06. The Hall–Kier alpha value is -1.53. The smallest absolute Gasteiger partial charge is 0.159 e. The first kappa shape index (κ1) is 15.9. The second-order valence-corrected chi connectivity index (χ2v) is 6.58. The van der Waals surface area contributed by atoms with Gasteiger partial charge < -0.3 is 5.73 Å². The standard InChI is InChI=1S/C15H14F2N2S2/c1-2-20-12-4-3-5-13(14(12)15(18)19)21-9-6-7-10(16)11(17)8-9/h3-8H,2H2,1H3,(H3,18,19). The lowest BCUT2D eigenvalue weighted by molar-refractivity contribution is 0.506. The monoisotopic (exact) mass is 324 g/mol. The highest BCUT2D eigenvalue weighted by atomic mass is 32.2. The average Bonchev–Trinajstić information content (AvgIpc) is 2.43. The first-order chi connectivity index (χ1) is 10.0. The minimum Gasteiger partial charge on any atom is -0.384 e. The van der Waals surface area contributed by atoms with E-state index in [1.54, 1.807) is 11.8 Å². The Morgan fingerprint density at radius 1 is 1.14 bits per heavy atom. The third-order valence-electron chi connectivity index (χ3n) is 2.68. The maximum absolute atomic E-state index is 13.3. The van der Waals surface area contributed by atoms with E-state index in [9.17, 15) is 8.78 Å². The first-order valence-electron chi connectivity index (χ1n) is 6.26. The van der Waals surface area contributed by atoms with Crippen LogP contribution in [0.2, 0.25) is 0 Å². The summed E-state index contributed by atoms with van der Waals surface area (Å²) in [6.07, 6.45) is 0. The lowest BCUT2D eigenvalue weighted by Crippen LogP contribution is -2.13. The second kappa shape index (κ2) is 6.95. The van der Waals surface area contributed by atoms with Gasteiger partial charge in [0, 0.05) is 20.2 Å². The van der Waals surface area contributed by atoms with E-state index in [1.807, 2.05) is 25.1 Å². The molecular formula is C15H14F2N2S2. The van der Waals surface area contributed by atoms with E-state index in [1.165, 1.54) is 17.8 Å². The molecule has 0 atom stereocenters. The van der Waals surface area contributed by atoms with Gasteiger partial charge in [-0.25, -0.2) is 8.78 Å². The van der Waals surface area contributed by atoms with Crippen LogP contribution in [-0.4, -0.2) is 11.6 Å². The Bertz CT molecular complexity index is 675. The van der Waals surface area contributed by atoms with E-state index in [0.717, 1.165) is 27.7 Å². The summed E-state index contributed by atoms with van der Waals surface area (Å²) in [5.74, 6) is -0.930. The van der Waals surface area contributed by atoms with Crippen LogP contribution in [0.15, 0.2) is 51.1 Å². The molecule has 0 radical (unpaired) electrons. The predicted molar refractivity (Wildman–Crippen MR) is 84.3 cm³/mol. The maximum atomic E-state index is 13.3. The molecule has 2 aromatic carbocycles. The Morgan fingerprint density at radius 2 is 1.86 bits per heavy atom. The van der Waals surface area contributed by atoms with Crippen molar-refractivity contribution in [2.24, 2.45) is 5.73 Å². The van der Waals surface area contributed by atoms with Gasteiger partial charge in [0.15, 0.2) is 11.6 Å². The number of halogens is 2. The fraction of sp³-hybridized carbons (Fsp3) is 0.133. The third-order valence-corrected chi connectivity index (χ3v) is 4.67. The van der Waals surface area contributed by atoms with Crippen LogP contribution in [0.5, 0.6) is 0 Å². The van der Waals surface area contributed by atoms with Crippen LogP contribution in [-0.2, 0) is 0 Å². The van der Waals surface area contributed by atoms with Gasteiger partial charge in [-0.3, -0.25) is 5.41 Å². The van der Waals surface area contributed by atoms with Gasteiger partial charge in [0.05, 0.1) is 0 Å². The minimum atomic E-state index is -0.886. The van der Waals surface area contributed by atoms with Crippen molar-refractivity contribution in [1.82, 2.24) is 0 Å². The molecule has 0 amide bonds. The molecule has 6 heteroatoms. The molecule has 0 aliphatic heterocycles. The summed E-state index contributed by atoms with van der Waals surface area (Å²) < 4.78 is 26.2. The number of nitrogens with two attached hydrogens (primary N) is 1. The van der Waals surface area contributed by atoms with Gasteiger partial charge >= 0.3 is 0 Å². The van der Waals surface area contributed by atoms with Crippen LogP contribution in [0.25, 0.3) is 0 Å². The normalized spacial score (nSPS) is 10.6. The van der Waals surface area contributed by atoms with E-state index in [2.05, 4.69) is 0 Å². The molecule has 2 aromatic rings. The highest BCUT2D eigenvalue weighted by Gasteiger charge is 2.13. The van der Waals surface area contributed by atoms with E-state index < -0.39 is 11.6 Å². The van der Waals surface area contributed by atoms with Gasteiger partial charge in [-0.15, -0.1) is 11.8 Å². The van der Waals surface area contributed by atoms with Crippen molar-refractivity contribution in [2.75, 3.05) is 5.75 Å². The summed E-state index contributed by atoms with van der Waals surface area (Å²) >= 11 is 2.86. The van der Waals surface area contributed by atoms with Crippen LogP contribution in [0.4, 0.5) is 8.78 Å². The number of hydrogen-bond donors (Lipinski definition) is 2. The van der Waals surface area contributed by atoms with Crippen LogP contribution in [0.3, 0.4) is 0 Å². The zero-order chi connectivity index (χ0) is 15.4. The van der Waals surface area contributed by atoms with Gasteiger partial charge in [0.2, 0.25) is 0 Å². The summed E-state index contributed by atoms with van der Waals surface area (Å²) in [5, 5.41) is 7.75. The molecular weight excluding hydrogens is 310 g/mol. The third kappa shape index (κ3) is 3.77. The molecule has 0 saturated heterocycles. The van der Waals surface area contributed by atoms with Crippen molar-refractivity contribution in [3.63, 3.8) is 0 Å². The molecule has 21 heavy (non-hydrogen) atoms. The summed E-state index contributed by atoms with van der Waals surface area (Å²) in [6, 6.07) is 9.33. The van der Waals surface area contributed by atoms with Crippen LogP contribution < -0.4 is 5.73 Å². The number of hydrogen-bond acceptors (Lipinski definition) is 3. The number of nitrogens with one attached hydrogen (secondary N) is 1. The second-order valence-electron chi connectivity index (χ2n) is 4.15. The molecule has 0 heterocycles. The van der Waals surface area contributed by atoms with E-state index in [4.69, 9.17) is 11.1 Å². The highest BCUT2D eigenvalue weighted by Crippen LogP contribution is 2.35. The van der Waals surface area contributed by atoms with Crippen molar-refractivity contribution in [3.8, 4) is 0 Å². The number of benzene rings is 2. The summed E-state index contributed by atoms with van der Waals surface area (Å²) in [6.45, 7) is 2.02. The Balaban J connectivity index is 2.41. The van der Waals surface area contributed by atoms with Crippen molar-refractivity contribution in [1.29, 1.82) is 5.41 Å². The summed E-state index contributed by atoms with van der Waals surface area (Å²) in [4.78, 5) is 2.24. The fourth-order valence-electron chi connectivity index (χ4n) is 1.80. The largest absolute Gasteiger partial charge is 0.384 e. The van der Waals surface area contributed by atoms with E-state index >= 15 is 0 Å². The maximum Gasteiger partial charge on any atom is 0.159 e. The molecule has 0 saturated carbocycles. The topological polar surface area (TPSA) is 49.9 Å². The van der Waals surface area contributed by atoms with E-state index in [0.29, 0.717) is 10.5 Å². The number of rotatable bonds is 5. The number of amidine groups is 1. The van der Waals surface area contributed by atoms with Crippen LogP contribution in [0, 0.1) is 17.0 Å². The molecule has 0 aromatic heterocycles. The van der Waals surface area contributed by atoms with Crippen molar-refractivity contribution in [2.45, 2.75) is 21.6 Å². The molecule has 0 fully saturated rings. The Labute approximate surface area is 130 Å². The van der Waals surface area contributed by atoms with Gasteiger partial charge in [-0.1, -0.05) is 24.8 Å². The van der Waals surface area contributed by atoms with Gasteiger partial charge in [0.1, 0.15) is 5.84 Å². The summed E-state index contributed by atoms with van der Waals surface area (Å²) in [7, 11) is 0. The predicted octanol–water partition coefficient (Wildman–Crippen LogP) is 4.51. The summed E-state index contributed by atoms with van der Waals surface area (Å²) in [5.41, 5.74) is 6.31. The molecule has 0 aliphatic rings. The zero-order valence-electron chi connectivity index (χ0n) is 11.3. The molecule has 0 bridgehead atoms.